The summed E-state index contributed by atoms with van der Waals surface area (Å²) in [5.74, 6) is 0.724. The third-order valence-corrected chi connectivity index (χ3v) is 11.1. The molecular formula is C45H46Cl2F2N8O5. The lowest BCUT2D eigenvalue weighted by atomic mass is 9.96. The van der Waals surface area contributed by atoms with Gasteiger partial charge in [-0.2, -0.15) is 19.2 Å². The Bertz CT molecular complexity index is 2160. The molecule has 62 heavy (non-hydrogen) atoms. The molecule has 324 valence electrons. The average Bonchev–Trinajstić information content (AvgIpc) is 3.28. The van der Waals surface area contributed by atoms with Crippen LogP contribution in [0.4, 0.5) is 8.78 Å². The second-order valence-corrected chi connectivity index (χ2v) is 15.3. The minimum Gasteiger partial charge on any atom is -0.379 e. The van der Waals surface area contributed by atoms with Crippen molar-refractivity contribution in [2.24, 2.45) is 9.98 Å². The Hall–Kier alpha value is -5.76. The maximum atomic E-state index is 13.6. The van der Waals surface area contributed by atoms with Crippen molar-refractivity contribution in [1.82, 2.24) is 30.4 Å². The van der Waals surface area contributed by atoms with Gasteiger partial charge in [0.25, 0.3) is 0 Å². The molecule has 0 amide bonds. The summed E-state index contributed by atoms with van der Waals surface area (Å²) in [5.41, 5.74) is 7.53. The van der Waals surface area contributed by atoms with Gasteiger partial charge >= 0.3 is 12.3 Å². The maximum Gasteiger partial charge on any atom is 0.373 e. The first-order valence-electron chi connectivity index (χ1n) is 19.9. The molecule has 2 aromatic heterocycles. The predicted molar refractivity (Wildman–Crippen MR) is 229 cm³/mol. The second kappa shape index (κ2) is 24.0. The van der Waals surface area contributed by atoms with E-state index in [4.69, 9.17) is 57.1 Å². The van der Waals surface area contributed by atoms with Crippen molar-refractivity contribution < 1.29 is 32.7 Å². The lowest BCUT2D eigenvalue weighted by molar-refractivity contribution is -0.193. The van der Waals surface area contributed by atoms with Gasteiger partial charge in [0.1, 0.15) is 35.1 Å². The number of nitrogens with zero attached hydrogens (tertiary/aromatic N) is 6. The standard InChI is InChI=1S/C22H24ClFN4.C21H22ClFN4O.2CO2/c1-15-20(14-28-11-5-2-6-12-28)26-22(19-7-3-4-10-25-19)27-21(15)17-9-8-16(24)13-18(17)23;1-14-19(13-27-8-10-28-11-9-27)25-21(18-4-2-3-7-24-18)26-20(14)16-6-5-15(23)12-17(16)22;2*2-1-3/h3-4,7-10,13,21H,2,5-6,11-12,14H2,1H3,(H,26,27);2-7,12,20H,8-11,13H2,1H3,(H,25,26);;. The van der Waals surface area contributed by atoms with Gasteiger partial charge < -0.3 is 15.4 Å². The topological polar surface area (TPSA) is 159 Å². The Kier molecular flexibility index (Phi) is 18.3. The van der Waals surface area contributed by atoms with Gasteiger partial charge in [0.2, 0.25) is 0 Å². The van der Waals surface area contributed by atoms with Crippen LogP contribution in [0, 0.1) is 11.6 Å². The van der Waals surface area contributed by atoms with Crippen molar-refractivity contribution in [2.45, 2.75) is 45.2 Å². The van der Waals surface area contributed by atoms with Crippen molar-refractivity contribution in [1.29, 1.82) is 0 Å². The Labute approximate surface area is 368 Å². The lowest BCUT2D eigenvalue weighted by Crippen LogP contribution is -2.42. The quantitative estimate of drug-likeness (QED) is 0.186. The number of hydrogen-bond acceptors (Lipinski definition) is 13. The van der Waals surface area contributed by atoms with Crippen LogP contribution in [-0.2, 0) is 23.9 Å². The van der Waals surface area contributed by atoms with Gasteiger partial charge in [0, 0.05) is 60.0 Å². The number of likely N-dealkylation sites (tertiary alicyclic amines) is 1. The van der Waals surface area contributed by atoms with Crippen molar-refractivity contribution in [3.05, 3.63) is 152 Å². The average molecular weight is 888 g/mol. The first kappa shape index (κ1) is 47.3. The van der Waals surface area contributed by atoms with Crippen LogP contribution < -0.4 is 10.6 Å². The van der Waals surface area contributed by atoms with Gasteiger partial charge in [-0.25, -0.2) is 8.78 Å². The van der Waals surface area contributed by atoms with Gasteiger partial charge in [0.05, 0.1) is 13.2 Å². The Morgan fingerprint density at radius 2 is 1.06 bits per heavy atom. The fraction of sp³-hybridized carbons (Fsp3) is 0.333. The van der Waals surface area contributed by atoms with Crippen LogP contribution in [0.3, 0.4) is 0 Å². The SMILES string of the molecule is CC1=C(CN2CCCCC2)NC(c2ccccn2)=NC1c1ccc(F)cc1Cl.CC1=C(CN2CCOCC2)NC(c2ccccn2)=NC1c1ccc(F)cc1Cl.O=C=O.O=C=O. The summed E-state index contributed by atoms with van der Waals surface area (Å²) in [7, 11) is 0. The molecule has 17 heteroatoms. The van der Waals surface area contributed by atoms with Crippen molar-refractivity contribution in [2.75, 3.05) is 52.5 Å². The molecule has 2 atom stereocenters. The molecule has 0 aliphatic carbocycles. The number of aromatic nitrogens is 2. The zero-order valence-corrected chi connectivity index (χ0v) is 35.8. The highest BCUT2D eigenvalue weighted by atomic mass is 35.5. The van der Waals surface area contributed by atoms with E-state index in [1.54, 1.807) is 24.5 Å². The number of hydrogen-bond donors (Lipinski definition) is 2. The number of aliphatic imine (C=N–C) groups is 2. The number of ether oxygens (including phenoxy) is 1. The molecule has 2 aromatic carbocycles. The molecule has 6 heterocycles. The molecule has 2 N–H and O–H groups in total. The number of amidine groups is 2. The number of carbonyl (C=O) groups excluding carboxylic acids is 4. The Balaban J connectivity index is 0.000000208. The zero-order valence-electron chi connectivity index (χ0n) is 34.3. The molecule has 0 radical (unpaired) electrons. The number of rotatable bonds is 8. The van der Waals surface area contributed by atoms with Crippen LogP contribution in [-0.4, -0.2) is 96.2 Å². The van der Waals surface area contributed by atoms with Crippen LogP contribution in [0.15, 0.2) is 118 Å². The minimum absolute atomic E-state index is 0.250. The number of benzene rings is 2. The summed E-state index contributed by atoms with van der Waals surface area (Å²) in [6.07, 6.45) is 7.78. The van der Waals surface area contributed by atoms with E-state index < -0.39 is 0 Å². The molecule has 4 aromatic rings. The Morgan fingerprint density at radius 3 is 1.45 bits per heavy atom. The maximum absolute atomic E-state index is 13.6. The normalized spacial score (nSPS) is 18.9. The molecule has 2 unspecified atom stereocenters. The fourth-order valence-corrected chi connectivity index (χ4v) is 7.84. The van der Waals surface area contributed by atoms with Gasteiger partial charge in [0.15, 0.2) is 11.7 Å². The Morgan fingerprint density at radius 1 is 0.645 bits per heavy atom. The number of halogens is 4. The highest BCUT2D eigenvalue weighted by Crippen LogP contribution is 2.37. The third-order valence-electron chi connectivity index (χ3n) is 10.5. The van der Waals surface area contributed by atoms with Crippen LogP contribution in [0.1, 0.15) is 67.7 Å². The molecule has 2 fully saturated rings. The van der Waals surface area contributed by atoms with Crippen molar-refractivity contribution >= 4 is 47.2 Å². The van der Waals surface area contributed by atoms with E-state index in [0.717, 1.165) is 103 Å². The summed E-state index contributed by atoms with van der Waals surface area (Å²) >= 11 is 12.7. The molecule has 4 aliphatic heterocycles. The summed E-state index contributed by atoms with van der Waals surface area (Å²) < 4.78 is 32.6. The van der Waals surface area contributed by atoms with Crippen molar-refractivity contribution in [3.63, 3.8) is 0 Å². The molecular weight excluding hydrogens is 841 g/mol. The van der Waals surface area contributed by atoms with Crippen LogP contribution in [0.25, 0.3) is 0 Å². The van der Waals surface area contributed by atoms with Gasteiger partial charge in [-0.1, -0.05) is 53.9 Å². The summed E-state index contributed by atoms with van der Waals surface area (Å²) in [6, 6.07) is 19.9. The minimum atomic E-state index is -0.355. The lowest BCUT2D eigenvalue weighted by Gasteiger charge is -2.32. The van der Waals surface area contributed by atoms with Crippen LogP contribution in [0.2, 0.25) is 10.0 Å². The molecule has 0 spiro atoms. The number of nitrogens with one attached hydrogen (secondary N) is 2. The number of piperidine rings is 1. The molecule has 13 nitrogen and oxygen atoms in total. The predicted octanol–water partition coefficient (Wildman–Crippen LogP) is 7.13. The zero-order chi connectivity index (χ0) is 44.4. The van der Waals surface area contributed by atoms with E-state index in [1.165, 1.54) is 43.5 Å². The van der Waals surface area contributed by atoms with Gasteiger partial charge in [-0.3, -0.25) is 29.8 Å². The van der Waals surface area contributed by atoms with E-state index in [-0.39, 0.29) is 36.0 Å². The summed E-state index contributed by atoms with van der Waals surface area (Å²) in [5, 5.41) is 7.74. The van der Waals surface area contributed by atoms with Gasteiger partial charge in [-0.15, -0.1) is 0 Å². The molecule has 2 saturated heterocycles. The third kappa shape index (κ3) is 13.1. The van der Waals surface area contributed by atoms with E-state index >= 15 is 0 Å². The van der Waals surface area contributed by atoms with E-state index in [1.807, 2.05) is 43.3 Å². The highest BCUT2D eigenvalue weighted by molar-refractivity contribution is 6.31. The first-order chi connectivity index (χ1) is 30.1. The molecule has 8 rings (SSSR count). The summed E-state index contributed by atoms with van der Waals surface area (Å²) in [4.78, 5) is 56.0. The van der Waals surface area contributed by atoms with E-state index in [0.29, 0.717) is 15.9 Å². The van der Waals surface area contributed by atoms with E-state index in [9.17, 15) is 8.78 Å². The van der Waals surface area contributed by atoms with Crippen molar-refractivity contribution in [3.8, 4) is 0 Å². The first-order valence-corrected chi connectivity index (χ1v) is 20.6. The van der Waals surface area contributed by atoms with E-state index in [2.05, 4.69) is 37.3 Å². The highest BCUT2D eigenvalue weighted by Gasteiger charge is 2.29. The summed E-state index contributed by atoms with van der Waals surface area (Å²) in [6.45, 7) is 11.2. The molecule has 0 saturated carbocycles. The monoisotopic (exact) mass is 886 g/mol. The largest absolute Gasteiger partial charge is 0.379 e. The molecule has 4 aliphatic rings. The van der Waals surface area contributed by atoms with Crippen LogP contribution >= 0.6 is 23.2 Å². The van der Waals surface area contributed by atoms with Crippen LogP contribution in [0.5, 0.6) is 0 Å². The smallest absolute Gasteiger partial charge is 0.373 e. The van der Waals surface area contributed by atoms with Gasteiger partial charge in [-0.05, 0) is 111 Å². The number of pyridine rings is 2. The second-order valence-electron chi connectivity index (χ2n) is 14.5. The number of morpholine rings is 1. The fourth-order valence-electron chi connectivity index (χ4n) is 7.30. The molecule has 0 bridgehead atoms.